The molecule has 0 spiro atoms. The maximum atomic E-state index is 2.68. The van der Waals surface area contributed by atoms with Crippen LogP contribution >= 0.6 is 11.8 Å². The first kappa shape index (κ1) is 9.81. The molecule has 0 aromatic carbocycles. The fourth-order valence-electron chi connectivity index (χ4n) is 2.21. The summed E-state index contributed by atoms with van der Waals surface area (Å²) in [6.45, 7) is 8.89. The highest BCUT2D eigenvalue weighted by Crippen LogP contribution is 2.19. The molecule has 0 saturated carbocycles. The minimum atomic E-state index is 0.896. The Hall–Kier alpha value is 0.270. The molecule has 3 heteroatoms. The van der Waals surface area contributed by atoms with Gasteiger partial charge in [0.25, 0.3) is 0 Å². The molecule has 2 rings (SSSR count). The van der Waals surface area contributed by atoms with Crippen LogP contribution in [0.3, 0.4) is 0 Å². The number of likely N-dealkylation sites (tertiary alicyclic amines) is 1. The Labute approximate surface area is 85.7 Å². The van der Waals surface area contributed by atoms with Gasteiger partial charge in [-0.15, -0.1) is 0 Å². The lowest BCUT2D eigenvalue weighted by molar-refractivity contribution is 0.0401. The fourth-order valence-corrected chi connectivity index (χ4v) is 3.15. The zero-order valence-electron chi connectivity index (χ0n) is 8.54. The van der Waals surface area contributed by atoms with E-state index in [1.54, 1.807) is 0 Å². The van der Waals surface area contributed by atoms with Crippen LogP contribution in [0.5, 0.6) is 0 Å². The molecule has 2 saturated heterocycles. The Balaban J connectivity index is 1.66. The summed E-state index contributed by atoms with van der Waals surface area (Å²) in [7, 11) is 0. The second-order valence-electron chi connectivity index (χ2n) is 4.06. The number of nitrogens with zero attached hydrogens (tertiary/aromatic N) is 2. The standard InChI is InChI=1S/C10H20N2S/c1-2-3-11-8-10(9-11)12-4-6-13-7-5-12/h10H,2-9H2,1H3. The van der Waals surface area contributed by atoms with Crippen LogP contribution in [0, 0.1) is 0 Å². The van der Waals surface area contributed by atoms with E-state index in [1.807, 2.05) is 0 Å². The normalized spacial score (nSPS) is 27.5. The molecule has 0 N–H and O–H groups in total. The number of hydrogen-bond donors (Lipinski definition) is 0. The first-order chi connectivity index (χ1) is 6.40. The molecule has 0 aromatic heterocycles. The van der Waals surface area contributed by atoms with Crippen molar-refractivity contribution < 1.29 is 0 Å². The predicted molar refractivity (Wildman–Crippen MR) is 59.4 cm³/mol. The number of thioether (sulfide) groups is 1. The van der Waals surface area contributed by atoms with Gasteiger partial charge in [0.1, 0.15) is 0 Å². The van der Waals surface area contributed by atoms with Crippen LogP contribution < -0.4 is 0 Å². The van der Waals surface area contributed by atoms with E-state index < -0.39 is 0 Å². The molecular weight excluding hydrogens is 180 g/mol. The van der Waals surface area contributed by atoms with E-state index in [1.165, 1.54) is 50.7 Å². The molecule has 2 aliphatic heterocycles. The van der Waals surface area contributed by atoms with Crippen molar-refractivity contribution in [3.63, 3.8) is 0 Å². The maximum Gasteiger partial charge on any atom is 0.0351 e. The van der Waals surface area contributed by atoms with Crippen LogP contribution in [-0.2, 0) is 0 Å². The maximum absolute atomic E-state index is 2.68. The molecule has 0 aromatic rings. The Kier molecular flexibility index (Phi) is 3.52. The van der Waals surface area contributed by atoms with Gasteiger partial charge in [0.2, 0.25) is 0 Å². The van der Waals surface area contributed by atoms with E-state index in [9.17, 15) is 0 Å². The van der Waals surface area contributed by atoms with E-state index in [-0.39, 0.29) is 0 Å². The van der Waals surface area contributed by atoms with Gasteiger partial charge in [0, 0.05) is 43.7 Å². The second kappa shape index (κ2) is 4.67. The average molecular weight is 200 g/mol. The van der Waals surface area contributed by atoms with Crippen LogP contribution in [0.25, 0.3) is 0 Å². The van der Waals surface area contributed by atoms with E-state index in [2.05, 4.69) is 28.5 Å². The van der Waals surface area contributed by atoms with E-state index in [0.717, 1.165) is 6.04 Å². The van der Waals surface area contributed by atoms with Crippen molar-refractivity contribution in [2.45, 2.75) is 19.4 Å². The molecule has 2 nitrogen and oxygen atoms in total. The Bertz CT molecular complexity index is 151. The van der Waals surface area contributed by atoms with Crippen LogP contribution in [0.2, 0.25) is 0 Å². The van der Waals surface area contributed by atoms with Gasteiger partial charge in [-0.3, -0.25) is 4.90 Å². The highest BCUT2D eigenvalue weighted by Gasteiger charge is 2.31. The largest absolute Gasteiger partial charge is 0.300 e. The third-order valence-corrected chi connectivity index (χ3v) is 3.98. The molecule has 0 radical (unpaired) electrons. The molecule has 76 valence electrons. The minimum Gasteiger partial charge on any atom is -0.300 e. The van der Waals surface area contributed by atoms with Gasteiger partial charge in [-0.25, -0.2) is 0 Å². The molecule has 0 unspecified atom stereocenters. The molecule has 2 heterocycles. The van der Waals surface area contributed by atoms with Crippen molar-refractivity contribution in [3.8, 4) is 0 Å². The first-order valence-corrected chi connectivity index (χ1v) is 6.59. The summed E-state index contributed by atoms with van der Waals surface area (Å²) in [5.74, 6) is 2.70. The number of hydrogen-bond acceptors (Lipinski definition) is 3. The zero-order chi connectivity index (χ0) is 9.10. The fraction of sp³-hybridized carbons (Fsp3) is 1.00. The molecule has 0 atom stereocenters. The molecule has 2 aliphatic rings. The van der Waals surface area contributed by atoms with Crippen molar-refractivity contribution in [1.29, 1.82) is 0 Å². The van der Waals surface area contributed by atoms with Gasteiger partial charge >= 0.3 is 0 Å². The molecule has 13 heavy (non-hydrogen) atoms. The summed E-state index contributed by atoms with van der Waals surface area (Å²) in [5.41, 5.74) is 0. The average Bonchev–Trinajstić information content (AvgIpc) is 2.12. The van der Waals surface area contributed by atoms with Crippen molar-refractivity contribution in [2.24, 2.45) is 0 Å². The Morgan fingerprint density at radius 2 is 1.92 bits per heavy atom. The summed E-state index contributed by atoms with van der Waals surface area (Å²) in [4.78, 5) is 5.26. The summed E-state index contributed by atoms with van der Waals surface area (Å²) < 4.78 is 0. The van der Waals surface area contributed by atoms with Crippen molar-refractivity contribution in [1.82, 2.24) is 9.80 Å². The molecule has 0 aliphatic carbocycles. The summed E-state index contributed by atoms with van der Waals surface area (Å²) in [5, 5.41) is 0. The molecule has 0 amide bonds. The Morgan fingerprint density at radius 1 is 1.23 bits per heavy atom. The highest BCUT2D eigenvalue weighted by molar-refractivity contribution is 7.99. The zero-order valence-corrected chi connectivity index (χ0v) is 9.35. The Morgan fingerprint density at radius 3 is 2.54 bits per heavy atom. The predicted octanol–water partition coefficient (Wildman–Crippen LogP) is 1.13. The monoisotopic (exact) mass is 200 g/mol. The molecule has 2 fully saturated rings. The highest BCUT2D eigenvalue weighted by atomic mass is 32.2. The number of rotatable bonds is 3. The van der Waals surface area contributed by atoms with Gasteiger partial charge in [0.15, 0.2) is 0 Å². The van der Waals surface area contributed by atoms with E-state index >= 15 is 0 Å². The minimum absolute atomic E-state index is 0.896. The van der Waals surface area contributed by atoms with Crippen LogP contribution in [0.15, 0.2) is 0 Å². The van der Waals surface area contributed by atoms with Crippen LogP contribution in [0.4, 0.5) is 0 Å². The summed E-state index contributed by atoms with van der Waals surface area (Å²) in [6.07, 6.45) is 1.31. The molecule has 0 bridgehead atoms. The third-order valence-electron chi connectivity index (χ3n) is 3.04. The quantitative estimate of drug-likeness (QED) is 0.674. The van der Waals surface area contributed by atoms with Crippen LogP contribution in [-0.4, -0.2) is 60.1 Å². The first-order valence-electron chi connectivity index (χ1n) is 5.44. The second-order valence-corrected chi connectivity index (χ2v) is 5.29. The molecular formula is C10H20N2S. The van der Waals surface area contributed by atoms with Gasteiger partial charge in [-0.1, -0.05) is 6.92 Å². The van der Waals surface area contributed by atoms with Gasteiger partial charge in [-0.2, -0.15) is 11.8 Å². The van der Waals surface area contributed by atoms with E-state index in [0.29, 0.717) is 0 Å². The van der Waals surface area contributed by atoms with Crippen molar-refractivity contribution in [2.75, 3.05) is 44.2 Å². The SMILES string of the molecule is CCCN1CC(N2CCSCC2)C1. The third kappa shape index (κ3) is 2.39. The summed E-state index contributed by atoms with van der Waals surface area (Å²) >= 11 is 2.11. The lowest BCUT2D eigenvalue weighted by Gasteiger charge is -2.46. The van der Waals surface area contributed by atoms with Crippen molar-refractivity contribution in [3.05, 3.63) is 0 Å². The smallest absolute Gasteiger partial charge is 0.0351 e. The van der Waals surface area contributed by atoms with Gasteiger partial charge in [-0.05, 0) is 13.0 Å². The topological polar surface area (TPSA) is 6.48 Å². The summed E-state index contributed by atoms with van der Waals surface area (Å²) in [6, 6.07) is 0.896. The van der Waals surface area contributed by atoms with Crippen molar-refractivity contribution >= 4 is 11.8 Å². The van der Waals surface area contributed by atoms with Gasteiger partial charge in [0.05, 0.1) is 0 Å². The lowest BCUT2D eigenvalue weighted by atomic mass is 10.1. The van der Waals surface area contributed by atoms with Crippen LogP contribution in [0.1, 0.15) is 13.3 Å². The lowest BCUT2D eigenvalue weighted by Crippen LogP contribution is -2.60. The van der Waals surface area contributed by atoms with E-state index in [4.69, 9.17) is 0 Å². The van der Waals surface area contributed by atoms with Gasteiger partial charge < -0.3 is 4.90 Å².